The third-order valence-corrected chi connectivity index (χ3v) is 2.72. The summed E-state index contributed by atoms with van der Waals surface area (Å²) in [4.78, 5) is 12.0. The summed E-state index contributed by atoms with van der Waals surface area (Å²) in [6.45, 7) is 0. The SMILES string of the molecule is COc1ccc(C(=O)Cc2ccccc2F)cc1. The van der Waals surface area contributed by atoms with Crippen LogP contribution in [-0.4, -0.2) is 12.9 Å². The predicted octanol–water partition coefficient (Wildman–Crippen LogP) is 3.26. The molecule has 2 aromatic rings. The number of methoxy groups -OCH3 is 1. The summed E-state index contributed by atoms with van der Waals surface area (Å²) < 4.78 is 18.4. The van der Waals surface area contributed by atoms with Crippen LogP contribution >= 0.6 is 0 Å². The predicted molar refractivity (Wildman–Crippen MR) is 67.4 cm³/mol. The molecule has 0 fully saturated rings. The Labute approximate surface area is 105 Å². The van der Waals surface area contributed by atoms with Crippen LogP contribution in [0.1, 0.15) is 15.9 Å². The summed E-state index contributed by atoms with van der Waals surface area (Å²) in [7, 11) is 1.57. The standard InChI is InChI=1S/C15H13FO2/c1-18-13-8-6-11(7-9-13)15(17)10-12-4-2-3-5-14(12)16/h2-9H,10H2,1H3. The molecule has 18 heavy (non-hydrogen) atoms. The van der Waals surface area contributed by atoms with Crippen molar-refractivity contribution < 1.29 is 13.9 Å². The second-order valence-corrected chi connectivity index (χ2v) is 3.92. The molecule has 0 amide bonds. The molecule has 0 aliphatic carbocycles. The first-order valence-electron chi connectivity index (χ1n) is 5.61. The highest BCUT2D eigenvalue weighted by atomic mass is 19.1. The molecule has 2 rings (SSSR count). The van der Waals surface area contributed by atoms with E-state index in [1.165, 1.54) is 6.07 Å². The second kappa shape index (κ2) is 5.45. The third-order valence-electron chi connectivity index (χ3n) is 2.72. The zero-order chi connectivity index (χ0) is 13.0. The zero-order valence-corrected chi connectivity index (χ0v) is 10.0. The van der Waals surface area contributed by atoms with Crippen LogP contribution in [0.15, 0.2) is 48.5 Å². The van der Waals surface area contributed by atoms with E-state index >= 15 is 0 Å². The summed E-state index contributed by atoms with van der Waals surface area (Å²) in [6, 6.07) is 13.1. The Balaban J connectivity index is 2.14. The van der Waals surface area contributed by atoms with Crippen LogP contribution in [0, 0.1) is 5.82 Å². The lowest BCUT2D eigenvalue weighted by Crippen LogP contribution is -2.05. The molecule has 0 unspecified atom stereocenters. The van der Waals surface area contributed by atoms with Crippen LogP contribution in [0.4, 0.5) is 4.39 Å². The van der Waals surface area contributed by atoms with Crippen molar-refractivity contribution in [2.45, 2.75) is 6.42 Å². The Hall–Kier alpha value is -2.16. The highest BCUT2D eigenvalue weighted by Crippen LogP contribution is 2.15. The number of hydrogen-bond donors (Lipinski definition) is 0. The van der Waals surface area contributed by atoms with Gasteiger partial charge in [-0.15, -0.1) is 0 Å². The number of carbonyl (C=O) groups excluding carboxylic acids is 1. The highest BCUT2D eigenvalue weighted by molar-refractivity contribution is 5.97. The largest absolute Gasteiger partial charge is 0.497 e. The highest BCUT2D eigenvalue weighted by Gasteiger charge is 2.09. The molecule has 0 saturated heterocycles. The van der Waals surface area contributed by atoms with Crippen LogP contribution in [0.5, 0.6) is 5.75 Å². The van der Waals surface area contributed by atoms with Gasteiger partial charge in [0.15, 0.2) is 5.78 Å². The Morgan fingerprint density at radius 3 is 2.39 bits per heavy atom. The van der Waals surface area contributed by atoms with Crippen molar-refractivity contribution in [1.82, 2.24) is 0 Å². The van der Waals surface area contributed by atoms with E-state index in [9.17, 15) is 9.18 Å². The van der Waals surface area contributed by atoms with Gasteiger partial charge in [-0.1, -0.05) is 18.2 Å². The maximum absolute atomic E-state index is 13.4. The number of ketones is 1. The van der Waals surface area contributed by atoms with Crippen LogP contribution in [0.3, 0.4) is 0 Å². The smallest absolute Gasteiger partial charge is 0.167 e. The average molecular weight is 244 g/mol. The van der Waals surface area contributed by atoms with E-state index in [0.29, 0.717) is 16.9 Å². The molecule has 0 radical (unpaired) electrons. The van der Waals surface area contributed by atoms with E-state index in [1.807, 2.05) is 0 Å². The van der Waals surface area contributed by atoms with Gasteiger partial charge in [0, 0.05) is 12.0 Å². The molecule has 2 aromatic carbocycles. The third kappa shape index (κ3) is 2.74. The Morgan fingerprint density at radius 1 is 1.11 bits per heavy atom. The number of hydrogen-bond acceptors (Lipinski definition) is 2. The van der Waals surface area contributed by atoms with Gasteiger partial charge in [-0.3, -0.25) is 4.79 Å². The molecule has 0 aromatic heterocycles. The van der Waals surface area contributed by atoms with Crippen molar-refractivity contribution in [3.05, 3.63) is 65.5 Å². The molecule has 0 spiro atoms. The zero-order valence-electron chi connectivity index (χ0n) is 10.0. The van der Waals surface area contributed by atoms with Crippen molar-refractivity contribution in [3.63, 3.8) is 0 Å². The van der Waals surface area contributed by atoms with Crippen molar-refractivity contribution in [2.75, 3.05) is 7.11 Å². The van der Waals surface area contributed by atoms with Crippen LogP contribution in [0.2, 0.25) is 0 Å². The molecule has 0 N–H and O–H groups in total. The van der Waals surface area contributed by atoms with Crippen molar-refractivity contribution in [1.29, 1.82) is 0 Å². The first-order chi connectivity index (χ1) is 8.70. The second-order valence-electron chi connectivity index (χ2n) is 3.92. The van der Waals surface area contributed by atoms with Gasteiger partial charge in [-0.05, 0) is 35.9 Å². The van der Waals surface area contributed by atoms with E-state index < -0.39 is 0 Å². The monoisotopic (exact) mass is 244 g/mol. The van der Waals surface area contributed by atoms with Crippen molar-refractivity contribution >= 4 is 5.78 Å². The van der Waals surface area contributed by atoms with Gasteiger partial charge in [0.1, 0.15) is 11.6 Å². The minimum absolute atomic E-state index is 0.0685. The molecular weight excluding hydrogens is 231 g/mol. The Kier molecular flexibility index (Phi) is 3.72. The summed E-state index contributed by atoms with van der Waals surface area (Å²) in [5, 5.41) is 0. The summed E-state index contributed by atoms with van der Waals surface area (Å²) in [5.41, 5.74) is 0.970. The minimum Gasteiger partial charge on any atom is -0.497 e. The van der Waals surface area contributed by atoms with Gasteiger partial charge in [0.25, 0.3) is 0 Å². The lowest BCUT2D eigenvalue weighted by Gasteiger charge is -2.04. The first kappa shape index (κ1) is 12.3. The van der Waals surface area contributed by atoms with E-state index in [4.69, 9.17) is 4.74 Å². The van der Waals surface area contributed by atoms with Gasteiger partial charge in [-0.25, -0.2) is 4.39 Å². The van der Waals surface area contributed by atoms with Crippen LogP contribution in [-0.2, 0) is 6.42 Å². The van der Waals surface area contributed by atoms with Crippen LogP contribution in [0.25, 0.3) is 0 Å². The topological polar surface area (TPSA) is 26.3 Å². The lowest BCUT2D eigenvalue weighted by molar-refractivity contribution is 0.0992. The molecule has 0 heterocycles. The number of benzene rings is 2. The number of carbonyl (C=O) groups is 1. The molecule has 0 saturated carbocycles. The molecule has 0 bridgehead atoms. The quantitative estimate of drug-likeness (QED) is 0.772. The Morgan fingerprint density at radius 2 is 1.78 bits per heavy atom. The fourth-order valence-electron chi connectivity index (χ4n) is 1.69. The van der Waals surface area contributed by atoms with E-state index in [2.05, 4.69) is 0 Å². The molecule has 3 heteroatoms. The maximum atomic E-state index is 13.4. The van der Waals surface area contributed by atoms with Gasteiger partial charge in [-0.2, -0.15) is 0 Å². The fraction of sp³-hybridized carbons (Fsp3) is 0.133. The normalized spacial score (nSPS) is 10.1. The van der Waals surface area contributed by atoms with E-state index in [1.54, 1.807) is 49.6 Å². The van der Waals surface area contributed by atoms with Crippen molar-refractivity contribution in [2.24, 2.45) is 0 Å². The molecule has 0 aliphatic rings. The van der Waals surface area contributed by atoms with Crippen molar-refractivity contribution in [3.8, 4) is 5.75 Å². The first-order valence-corrected chi connectivity index (χ1v) is 5.61. The number of ether oxygens (including phenoxy) is 1. The molecular formula is C15H13FO2. The van der Waals surface area contributed by atoms with Gasteiger partial charge < -0.3 is 4.74 Å². The van der Waals surface area contributed by atoms with Crippen LogP contribution < -0.4 is 4.74 Å². The summed E-state index contributed by atoms with van der Waals surface area (Å²) in [6.07, 6.45) is 0.0685. The Bertz CT molecular complexity index is 547. The number of halogens is 1. The molecule has 0 aliphatic heterocycles. The lowest BCUT2D eigenvalue weighted by atomic mass is 10.0. The van der Waals surface area contributed by atoms with Gasteiger partial charge >= 0.3 is 0 Å². The molecule has 92 valence electrons. The summed E-state index contributed by atoms with van der Waals surface area (Å²) in [5.74, 6) is 0.236. The van der Waals surface area contributed by atoms with Gasteiger partial charge in [0.2, 0.25) is 0 Å². The molecule has 2 nitrogen and oxygen atoms in total. The number of rotatable bonds is 4. The van der Waals surface area contributed by atoms with E-state index in [-0.39, 0.29) is 18.0 Å². The molecule has 0 atom stereocenters. The summed E-state index contributed by atoms with van der Waals surface area (Å²) >= 11 is 0. The number of Topliss-reactive ketones (excluding diaryl/α,β-unsaturated/α-hetero) is 1. The minimum atomic E-state index is -0.348. The average Bonchev–Trinajstić information content (AvgIpc) is 2.41. The van der Waals surface area contributed by atoms with Gasteiger partial charge in [0.05, 0.1) is 7.11 Å². The fourth-order valence-corrected chi connectivity index (χ4v) is 1.69. The van der Waals surface area contributed by atoms with E-state index in [0.717, 1.165) is 0 Å². The maximum Gasteiger partial charge on any atom is 0.167 e.